The molecular formula is C17H29NO2. The molecular weight excluding hydrogens is 250 g/mol. The van der Waals surface area contributed by atoms with Crippen LogP contribution in [0.15, 0.2) is 18.2 Å². The lowest BCUT2D eigenvalue weighted by atomic mass is 9.86. The maximum absolute atomic E-state index is 9.21. The van der Waals surface area contributed by atoms with Crippen molar-refractivity contribution in [3.63, 3.8) is 0 Å². The molecule has 2 atom stereocenters. The summed E-state index contributed by atoms with van der Waals surface area (Å²) in [6, 6.07) is 6.32. The lowest BCUT2D eigenvalue weighted by molar-refractivity contribution is 0.133. The maximum atomic E-state index is 9.21. The summed E-state index contributed by atoms with van der Waals surface area (Å²) in [6.07, 6.45) is 0.584. The first kappa shape index (κ1) is 17.0. The van der Waals surface area contributed by atoms with Crippen molar-refractivity contribution in [1.82, 2.24) is 0 Å². The van der Waals surface area contributed by atoms with Crippen LogP contribution < -0.4 is 10.5 Å². The van der Waals surface area contributed by atoms with Gasteiger partial charge in [0.15, 0.2) is 0 Å². The van der Waals surface area contributed by atoms with E-state index in [2.05, 4.69) is 39.8 Å². The van der Waals surface area contributed by atoms with Gasteiger partial charge in [-0.1, -0.05) is 32.9 Å². The van der Waals surface area contributed by atoms with Gasteiger partial charge >= 0.3 is 0 Å². The molecule has 0 saturated carbocycles. The number of hydrogen-bond donors (Lipinski definition) is 2. The van der Waals surface area contributed by atoms with Crippen LogP contribution in [0, 0.1) is 6.92 Å². The van der Waals surface area contributed by atoms with E-state index < -0.39 is 5.54 Å². The largest absolute Gasteiger partial charge is 0.490 e. The van der Waals surface area contributed by atoms with Gasteiger partial charge in [-0.05, 0) is 43.4 Å². The molecule has 20 heavy (non-hydrogen) atoms. The van der Waals surface area contributed by atoms with Crippen molar-refractivity contribution >= 4 is 0 Å². The van der Waals surface area contributed by atoms with Crippen LogP contribution in [0.4, 0.5) is 0 Å². The molecule has 0 fully saturated rings. The van der Waals surface area contributed by atoms with Crippen molar-refractivity contribution in [2.24, 2.45) is 5.73 Å². The molecule has 1 aromatic carbocycles. The third-order valence-electron chi connectivity index (χ3n) is 3.48. The summed E-state index contributed by atoms with van der Waals surface area (Å²) in [5.41, 5.74) is 7.93. The lowest BCUT2D eigenvalue weighted by Crippen LogP contribution is -2.43. The maximum Gasteiger partial charge on any atom is 0.122 e. The Labute approximate surface area is 123 Å². The number of aryl methyl sites for hydroxylation is 1. The number of rotatable bonds is 5. The van der Waals surface area contributed by atoms with E-state index in [9.17, 15) is 5.11 Å². The van der Waals surface area contributed by atoms with Crippen LogP contribution in [0.5, 0.6) is 5.75 Å². The first-order valence-electron chi connectivity index (χ1n) is 7.23. The van der Waals surface area contributed by atoms with Gasteiger partial charge in [-0.25, -0.2) is 0 Å². The number of nitrogens with two attached hydrogens (primary N) is 1. The zero-order chi connectivity index (χ0) is 15.6. The zero-order valence-corrected chi connectivity index (χ0v) is 13.7. The van der Waals surface area contributed by atoms with Gasteiger partial charge in [0, 0.05) is 12.0 Å². The van der Waals surface area contributed by atoms with Crippen LogP contribution in [-0.2, 0) is 5.41 Å². The first-order chi connectivity index (χ1) is 9.05. The number of ether oxygens (including phenoxy) is 1. The molecule has 0 saturated heterocycles. The van der Waals surface area contributed by atoms with E-state index in [1.807, 2.05) is 19.9 Å². The van der Waals surface area contributed by atoms with Gasteiger partial charge in [-0.2, -0.15) is 0 Å². The molecule has 0 radical (unpaired) electrons. The topological polar surface area (TPSA) is 55.5 Å². The summed E-state index contributed by atoms with van der Waals surface area (Å²) in [6.45, 7) is 12.4. The lowest BCUT2D eigenvalue weighted by Gasteiger charge is -2.27. The Morgan fingerprint density at radius 1 is 1.25 bits per heavy atom. The Morgan fingerprint density at radius 3 is 2.30 bits per heavy atom. The zero-order valence-electron chi connectivity index (χ0n) is 13.7. The van der Waals surface area contributed by atoms with Crippen LogP contribution in [-0.4, -0.2) is 23.4 Å². The van der Waals surface area contributed by atoms with E-state index in [-0.39, 0.29) is 18.1 Å². The van der Waals surface area contributed by atoms with Crippen molar-refractivity contribution in [2.45, 2.75) is 65.0 Å². The summed E-state index contributed by atoms with van der Waals surface area (Å²) >= 11 is 0. The van der Waals surface area contributed by atoms with Crippen molar-refractivity contribution in [3.05, 3.63) is 29.3 Å². The van der Waals surface area contributed by atoms with E-state index in [1.165, 1.54) is 5.56 Å². The van der Waals surface area contributed by atoms with E-state index in [4.69, 9.17) is 10.5 Å². The van der Waals surface area contributed by atoms with Gasteiger partial charge in [0.05, 0.1) is 12.7 Å². The van der Waals surface area contributed by atoms with Gasteiger partial charge in [-0.3, -0.25) is 0 Å². The van der Waals surface area contributed by atoms with Crippen molar-refractivity contribution in [2.75, 3.05) is 6.61 Å². The van der Waals surface area contributed by atoms with E-state index >= 15 is 0 Å². The second kappa shape index (κ2) is 6.15. The molecule has 1 rings (SSSR count). The molecule has 3 heteroatoms. The highest BCUT2D eigenvalue weighted by Crippen LogP contribution is 2.28. The average molecular weight is 279 g/mol. The summed E-state index contributed by atoms with van der Waals surface area (Å²) in [7, 11) is 0. The van der Waals surface area contributed by atoms with E-state index in [0.29, 0.717) is 6.42 Å². The van der Waals surface area contributed by atoms with Crippen LogP contribution in [0.25, 0.3) is 0 Å². The molecule has 0 aliphatic heterocycles. The Balaban J connectivity index is 2.79. The van der Waals surface area contributed by atoms with Crippen molar-refractivity contribution in [3.8, 4) is 5.75 Å². The monoisotopic (exact) mass is 279 g/mol. The Kier molecular flexibility index (Phi) is 5.22. The standard InChI is InChI=1S/C17H29NO2/c1-12-9-14(16(3,4)5)7-8-15(12)20-13(2)10-17(6,18)11-19/h7-9,13,19H,10-11,18H2,1-6H3. The number of benzene rings is 1. The van der Waals surface area contributed by atoms with Crippen LogP contribution in [0.1, 0.15) is 52.2 Å². The highest BCUT2D eigenvalue weighted by Gasteiger charge is 2.22. The normalized spacial score (nSPS) is 16.6. The summed E-state index contributed by atoms with van der Waals surface area (Å²) < 4.78 is 5.96. The van der Waals surface area contributed by atoms with Crippen LogP contribution in [0.2, 0.25) is 0 Å². The van der Waals surface area contributed by atoms with E-state index in [0.717, 1.165) is 11.3 Å². The molecule has 0 aromatic heterocycles. The minimum atomic E-state index is -0.599. The average Bonchev–Trinajstić information content (AvgIpc) is 2.29. The summed E-state index contributed by atoms with van der Waals surface area (Å²) in [4.78, 5) is 0. The smallest absolute Gasteiger partial charge is 0.122 e. The second-order valence-corrected chi connectivity index (χ2v) is 7.18. The summed E-state index contributed by atoms with van der Waals surface area (Å²) in [5.74, 6) is 0.888. The second-order valence-electron chi connectivity index (χ2n) is 7.18. The van der Waals surface area contributed by atoms with Gasteiger partial charge in [0.1, 0.15) is 5.75 Å². The highest BCUT2D eigenvalue weighted by molar-refractivity contribution is 5.38. The minimum Gasteiger partial charge on any atom is -0.490 e. The van der Waals surface area contributed by atoms with Gasteiger partial charge in [0.2, 0.25) is 0 Å². The third-order valence-corrected chi connectivity index (χ3v) is 3.48. The van der Waals surface area contributed by atoms with Crippen LogP contribution in [0.3, 0.4) is 0 Å². The number of aliphatic hydroxyl groups is 1. The highest BCUT2D eigenvalue weighted by atomic mass is 16.5. The molecule has 0 bridgehead atoms. The molecule has 2 unspecified atom stereocenters. The summed E-state index contributed by atoms with van der Waals surface area (Å²) in [5, 5.41) is 9.21. The Morgan fingerprint density at radius 2 is 1.85 bits per heavy atom. The molecule has 114 valence electrons. The molecule has 3 N–H and O–H groups in total. The minimum absolute atomic E-state index is 0.0312. The molecule has 0 aliphatic rings. The van der Waals surface area contributed by atoms with Crippen molar-refractivity contribution in [1.29, 1.82) is 0 Å². The number of aliphatic hydroxyl groups excluding tert-OH is 1. The predicted molar refractivity (Wildman–Crippen MR) is 84.3 cm³/mol. The van der Waals surface area contributed by atoms with Gasteiger partial charge in [0.25, 0.3) is 0 Å². The molecule has 0 aliphatic carbocycles. The van der Waals surface area contributed by atoms with E-state index in [1.54, 1.807) is 0 Å². The van der Waals surface area contributed by atoms with Crippen LogP contribution >= 0.6 is 0 Å². The molecule has 0 amide bonds. The molecule has 3 nitrogen and oxygen atoms in total. The fourth-order valence-electron chi connectivity index (χ4n) is 2.23. The van der Waals surface area contributed by atoms with Crippen molar-refractivity contribution < 1.29 is 9.84 Å². The third kappa shape index (κ3) is 4.80. The quantitative estimate of drug-likeness (QED) is 0.870. The van der Waals surface area contributed by atoms with Gasteiger partial charge in [-0.15, -0.1) is 0 Å². The fraction of sp³-hybridized carbons (Fsp3) is 0.647. The van der Waals surface area contributed by atoms with Gasteiger partial charge < -0.3 is 15.6 Å². The first-order valence-corrected chi connectivity index (χ1v) is 7.23. The molecule has 0 spiro atoms. The molecule has 1 aromatic rings. The Bertz CT molecular complexity index is 447. The predicted octanol–water partition coefficient (Wildman–Crippen LogP) is 3.16. The molecule has 0 heterocycles. The Hall–Kier alpha value is -1.06. The number of hydrogen-bond acceptors (Lipinski definition) is 3. The fourth-order valence-corrected chi connectivity index (χ4v) is 2.23. The SMILES string of the molecule is Cc1cc(C(C)(C)C)ccc1OC(C)CC(C)(N)CO.